The quantitative estimate of drug-likeness (QED) is 0.605. The van der Waals surface area contributed by atoms with Crippen molar-refractivity contribution in [2.24, 2.45) is 0 Å². The van der Waals surface area contributed by atoms with Crippen LogP contribution in [0.25, 0.3) is 0 Å². The summed E-state index contributed by atoms with van der Waals surface area (Å²) >= 11 is 0. The van der Waals surface area contributed by atoms with E-state index < -0.39 is 4.92 Å². The van der Waals surface area contributed by atoms with Gasteiger partial charge < -0.3 is 20.0 Å². The molecule has 0 unspecified atom stereocenters. The van der Waals surface area contributed by atoms with Crippen molar-refractivity contribution < 1.29 is 9.45 Å². The molecule has 0 aliphatic rings. The molecule has 2 aromatic rings. The highest BCUT2D eigenvalue weighted by molar-refractivity contribution is 5.43. The predicted molar refractivity (Wildman–Crippen MR) is 52.5 cm³/mol. The third-order valence-corrected chi connectivity index (χ3v) is 1.79. The average molecular weight is 221 g/mol. The summed E-state index contributed by atoms with van der Waals surface area (Å²) in [6.07, 6.45) is 2.60. The first-order valence-corrected chi connectivity index (χ1v) is 4.35. The lowest BCUT2D eigenvalue weighted by molar-refractivity contribution is -0.389. The number of anilines is 1. The second-order valence-corrected chi connectivity index (χ2v) is 2.86. The number of pyridine rings is 1. The zero-order chi connectivity index (χ0) is 11.4. The van der Waals surface area contributed by atoms with Crippen LogP contribution in [-0.4, -0.2) is 20.0 Å². The minimum Gasteiger partial charge on any atom is -0.375 e. The first-order chi connectivity index (χ1) is 7.75. The summed E-state index contributed by atoms with van der Waals surface area (Å²) in [6, 6.07) is 2.88. The summed E-state index contributed by atoms with van der Waals surface area (Å²) in [4.78, 5) is 17.3. The molecule has 0 radical (unpaired) electrons. The Morgan fingerprint density at radius 1 is 1.44 bits per heavy atom. The Morgan fingerprint density at radius 2 is 2.31 bits per heavy atom. The molecule has 2 heterocycles. The lowest BCUT2D eigenvalue weighted by Gasteiger charge is -2.00. The van der Waals surface area contributed by atoms with Crippen LogP contribution in [0.3, 0.4) is 0 Å². The molecule has 0 bridgehead atoms. The van der Waals surface area contributed by atoms with E-state index in [9.17, 15) is 10.1 Å². The van der Waals surface area contributed by atoms with Crippen LogP contribution in [0.4, 0.5) is 11.5 Å². The van der Waals surface area contributed by atoms with Crippen LogP contribution < -0.4 is 5.32 Å². The van der Waals surface area contributed by atoms with Gasteiger partial charge in [-0.3, -0.25) is 0 Å². The van der Waals surface area contributed by atoms with E-state index in [4.69, 9.17) is 0 Å². The Kier molecular flexibility index (Phi) is 2.72. The minimum absolute atomic E-state index is 0.190. The number of nitrogens with zero attached hydrogens (tertiary/aromatic N) is 4. The van der Waals surface area contributed by atoms with Gasteiger partial charge in [0.2, 0.25) is 6.39 Å². The van der Waals surface area contributed by atoms with Crippen LogP contribution in [-0.2, 0) is 6.54 Å². The molecule has 0 spiro atoms. The largest absolute Gasteiger partial charge is 0.375 e. The summed E-state index contributed by atoms with van der Waals surface area (Å²) in [6.45, 7) is 0.371. The van der Waals surface area contributed by atoms with Crippen molar-refractivity contribution in [3.05, 3.63) is 40.7 Å². The Balaban J connectivity index is 1.98. The van der Waals surface area contributed by atoms with Crippen LogP contribution in [0.1, 0.15) is 5.82 Å². The fraction of sp³-hybridized carbons (Fsp3) is 0.125. The lowest BCUT2D eigenvalue weighted by Crippen LogP contribution is -2.01. The number of hydrogen-bond donors (Lipinski definition) is 1. The first kappa shape index (κ1) is 10.0. The van der Waals surface area contributed by atoms with Gasteiger partial charge in [-0.15, -0.1) is 0 Å². The molecule has 2 aromatic heterocycles. The van der Waals surface area contributed by atoms with Crippen molar-refractivity contribution >= 4 is 11.5 Å². The Hall–Kier alpha value is -2.51. The van der Waals surface area contributed by atoms with E-state index >= 15 is 0 Å². The molecule has 0 saturated heterocycles. The molecule has 0 fully saturated rings. The average Bonchev–Trinajstić information content (AvgIpc) is 2.80. The van der Waals surface area contributed by atoms with Crippen LogP contribution in [0.2, 0.25) is 0 Å². The van der Waals surface area contributed by atoms with Gasteiger partial charge in [0.1, 0.15) is 0 Å². The summed E-state index contributed by atoms with van der Waals surface area (Å²) in [7, 11) is 0. The van der Waals surface area contributed by atoms with Crippen molar-refractivity contribution in [2.75, 3.05) is 5.32 Å². The number of nitrogens with one attached hydrogen (secondary N) is 1. The van der Waals surface area contributed by atoms with Gasteiger partial charge in [0.25, 0.3) is 0 Å². The van der Waals surface area contributed by atoms with Crippen molar-refractivity contribution in [1.29, 1.82) is 0 Å². The van der Waals surface area contributed by atoms with Crippen LogP contribution in [0.15, 0.2) is 29.2 Å². The Labute approximate surface area is 89.5 Å². The van der Waals surface area contributed by atoms with Gasteiger partial charge in [-0.1, -0.05) is 5.16 Å². The predicted octanol–water partition coefficient (Wildman–Crippen LogP) is 0.985. The molecule has 0 aromatic carbocycles. The fourth-order valence-electron chi connectivity index (χ4n) is 1.05. The van der Waals surface area contributed by atoms with Gasteiger partial charge in [-0.2, -0.15) is 4.98 Å². The van der Waals surface area contributed by atoms with Gasteiger partial charge in [0, 0.05) is 6.07 Å². The number of rotatable bonds is 4. The molecule has 0 amide bonds. The summed E-state index contributed by atoms with van der Waals surface area (Å²) in [5, 5.41) is 16.9. The summed E-state index contributed by atoms with van der Waals surface area (Å²) < 4.78 is 4.55. The van der Waals surface area contributed by atoms with E-state index in [1.807, 2.05) is 0 Å². The maximum Gasteiger partial charge on any atom is 0.363 e. The lowest BCUT2D eigenvalue weighted by atomic mass is 10.4. The van der Waals surface area contributed by atoms with Gasteiger partial charge in [-0.05, 0) is 16.0 Å². The third-order valence-electron chi connectivity index (χ3n) is 1.79. The van der Waals surface area contributed by atoms with Gasteiger partial charge in [-0.25, -0.2) is 0 Å². The molecule has 0 atom stereocenters. The Morgan fingerprint density at radius 3 is 2.88 bits per heavy atom. The van der Waals surface area contributed by atoms with E-state index in [1.165, 1.54) is 18.7 Å². The number of hydrogen-bond acceptors (Lipinski definition) is 7. The molecule has 1 N–H and O–H groups in total. The number of aromatic nitrogens is 3. The topological polar surface area (TPSA) is 107 Å². The van der Waals surface area contributed by atoms with E-state index in [0.717, 1.165) is 0 Å². The molecule has 0 aliphatic carbocycles. The normalized spacial score (nSPS) is 10.0. The number of nitro groups is 1. The molecule has 8 nitrogen and oxygen atoms in total. The molecular formula is C8H7N5O3. The molecule has 0 saturated carbocycles. The summed E-state index contributed by atoms with van der Waals surface area (Å²) in [5.74, 6) is 0.309. The molecule has 8 heteroatoms. The van der Waals surface area contributed by atoms with Crippen LogP contribution >= 0.6 is 0 Å². The monoisotopic (exact) mass is 221 g/mol. The van der Waals surface area contributed by atoms with Crippen molar-refractivity contribution in [1.82, 2.24) is 15.1 Å². The molecule has 0 aliphatic heterocycles. The zero-order valence-electron chi connectivity index (χ0n) is 8.03. The van der Waals surface area contributed by atoms with Crippen molar-refractivity contribution in [3.8, 4) is 0 Å². The maximum absolute atomic E-state index is 10.3. The highest BCUT2D eigenvalue weighted by atomic mass is 16.6. The highest BCUT2D eigenvalue weighted by Crippen LogP contribution is 2.11. The van der Waals surface area contributed by atoms with E-state index in [1.54, 1.807) is 6.07 Å². The minimum atomic E-state index is -0.553. The fourth-order valence-corrected chi connectivity index (χ4v) is 1.05. The van der Waals surface area contributed by atoms with E-state index in [2.05, 4.69) is 25.0 Å². The first-order valence-electron chi connectivity index (χ1n) is 4.35. The van der Waals surface area contributed by atoms with Gasteiger partial charge in [0.15, 0.2) is 12.0 Å². The zero-order valence-corrected chi connectivity index (χ0v) is 8.03. The van der Waals surface area contributed by atoms with Gasteiger partial charge >= 0.3 is 5.82 Å². The van der Waals surface area contributed by atoms with Crippen LogP contribution in [0, 0.1) is 10.1 Å². The molecule has 16 heavy (non-hydrogen) atoms. The highest BCUT2D eigenvalue weighted by Gasteiger charge is 2.06. The SMILES string of the molecule is O=[N+]([O-])c1ccc(NCc2ncon2)cn1. The van der Waals surface area contributed by atoms with Crippen molar-refractivity contribution in [2.45, 2.75) is 6.54 Å². The van der Waals surface area contributed by atoms with E-state index in [-0.39, 0.29) is 5.82 Å². The standard InChI is InChI=1S/C8H7N5O3/c14-13(15)8-2-1-6(3-10-8)9-4-7-11-5-16-12-7/h1-3,5,9H,4H2. The van der Waals surface area contributed by atoms with Crippen molar-refractivity contribution in [3.63, 3.8) is 0 Å². The second-order valence-electron chi connectivity index (χ2n) is 2.86. The summed E-state index contributed by atoms with van der Waals surface area (Å²) in [5.41, 5.74) is 0.649. The van der Waals surface area contributed by atoms with E-state index in [0.29, 0.717) is 18.1 Å². The molecule has 2 rings (SSSR count). The molecule has 82 valence electrons. The Bertz CT molecular complexity index is 467. The van der Waals surface area contributed by atoms with Crippen LogP contribution in [0.5, 0.6) is 0 Å². The smallest absolute Gasteiger partial charge is 0.363 e. The second kappa shape index (κ2) is 4.34. The van der Waals surface area contributed by atoms with Gasteiger partial charge in [0.05, 0.1) is 12.2 Å². The molecular weight excluding hydrogens is 214 g/mol. The maximum atomic E-state index is 10.3. The third kappa shape index (κ3) is 2.29.